The lowest BCUT2D eigenvalue weighted by molar-refractivity contribution is -0.137. The number of hydrogen-bond acceptors (Lipinski definition) is 7. The Morgan fingerprint density at radius 1 is 1.12 bits per heavy atom. The van der Waals surface area contributed by atoms with E-state index < -0.39 is 43.8 Å². The standard InChI is InChI=1S/C21H21F3N4O5S/c1-6-28-15(9-11(2)25-28)20(30)33-19-17(12(3)26-27(19)4)18(29)14-8-7-13(21(22,23)24)10-16(14)34(5,31)32/h7-10H,6H2,1-5H3. The van der Waals surface area contributed by atoms with Crippen LogP contribution in [-0.4, -0.2) is 46.0 Å². The maximum atomic E-state index is 13.4. The van der Waals surface area contributed by atoms with Gasteiger partial charge in [0, 0.05) is 25.4 Å². The lowest BCUT2D eigenvalue weighted by atomic mass is 10.0. The Morgan fingerprint density at radius 3 is 2.32 bits per heavy atom. The fourth-order valence-electron chi connectivity index (χ4n) is 3.43. The van der Waals surface area contributed by atoms with Crippen molar-refractivity contribution in [1.82, 2.24) is 19.6 Å². The molecular formula is C21H21F3N4O5S. The second-order valence-electron chi connectivity index (χ2n) is 7.58. The molecule has 0 aliphatic heterocycles. The molecule has 2 aromatic heterocycles. The highest BCUT2D eigenvalue weighted by Gasteiger charge is 2.35. The predicted molar refractivity (Wildman–Crippen MR) is 114 cm³/mol. The molecule has 34 heavy (non-hydrogen) atoms. The van der Waals surface area contributed by atoms with Crippen molar-refractivity contribution in [2.75, 3.05) is 6.26 Å². The van der Waals surface area contributed by atoms with Gasteiger partial charge in [-0.3, -0.25) is 9.48 Å². The highest BCUT2D eigenvalue weighted by molar-refractivity contribution is 7.90. The summed E-state index contributed by atoms with van der Waals surface area (Å²) in [5, 5.41) is 8.23. The molecule has 0 aliphatic carbocycles. The van der Waals surface area contributed by atoms with E-state index in [9.17, 15) is 31.2 Å². The average molecular weight is 498 g/mol. The van der Waals surface area contributed by atoms with Crippen molar-refractivity contribution in [3.8, 4) is 5.88 Å². The number of carbonyl (C=O) groups excluding carboxylic acids is 2. The molecule has 9 nitrogen and oxygen atoms in total. The Hall–Kier alpha value is -3.48. The van der Waals surface area contributed by atoms with Crippen LogP contribution < -0.4 is 4.74 Å². The van der Waals surface area contributed by atoms with Crippen molar-refractivity contribution in [2.45, 2.75) is 38.4 Å². The van der Waals surface area contributed by atoms with Gasteiger partial charge in [-0.2, -0.15) is 23.4 Å². The Labute approximate surface area is 193 Å². The third-order valence-electron chi connectivity index (χ3n) is 4.95. The van der Waals surface area contributed by atoms with Gasteiger partial charge in [0.2, 0.25) is 11.7 Å². The number of carbonyl (C=O) groups is 2. The first kappa shape index (κ1) is 25.1. The van der Waals surface area contributed by atoms with Crippen LogP contribution in [0.2, 0.25) is 0 Å². The number of aryl methyl sites for hydroxylation is 4. The summed E-state index contributed by atoms with van der Waals surface area (Å²) in [7, 11) is -2.83. The third-order valence-corrected chi connectivity index (χ3v) is 6.09. The number of ether oxygens (including phenoxy) is 1. The highest BCUT2D eigenvalue weighted by Crippen LogP contribution is 2.34. The zero-order valence-electron chi connectivity index (χ0n) is 18.9. The molecule has 0 unspecified atom stereocenters. The largest absolute Gasteiger partial charge is 0.416 e. The fourth-order valence-corrected chi connectivity index (χ4v) is 4.34. The number of rotatable bonds is 6. The minimum atomic E-state index is -4.81. The summed E-state index contributed by atoms with van der Waals surface area (Å²) in [5.41, 5.74) is -1.20. The molecule has 0 saturated carbocycles. The Kier molecular flexibility index (Phi) is 6.44. The molecule has 0 amide bonds. The molecule has 2 heterocycles. The van der Waals surface area contributed by atoms with Gasteiger partial charge in [0.05, 0.1) is 21.8 Å². The van der Waals surface area contributed by atoms with Crippen LogP contribution in [0.1, 0.15) is 50.3 Å². The van der Waals surface area contributed by atoms with Gasteiger partial charge in [-0.15, -0.1) is 0 Å². The minimum absolute atomic E-state index is 0.0924. The van der Waals surface area contributed by atoms with Crippen molar-refractivity contribution in [3.63, 3.8) is 0 Å². The van der Waals surface area contributed by atoms with Gasteiger partial charge in [0.1, 0.15) is 11.3 Å². The highest BCUT2D eigenvalue weighted by atomic mass is 32.2. The smallest absolute Gasteiger partial charge is 0.402 e. The summed E-state index contributed by atoms with van der Waals surface area (Å²) in [5.74, 6) is -2.08. The Bertz CT molecular complexity index is 1400. The molecule has 182 valence electrons. The molecule has 0 N–H and O–H groups in total. The zero-order chi connectivity index (χ0) is 25.6. The molecule has 0 fully saturated rings. The fraction of sp³-hybridized carbons (Fsp3) is 0.333. The number of esters is 1. The van der Waals surface area contributed by atoms with E-state index in [4.69, 9.17) is 4.74 Å². The summed E-state index contributed by atoms with van der Waals surface area (Å²) < 4.78 is 71.9. The van der Waals surface area contributed by atoms with Crippen LogP contribution in [-0.2, 0) is 29.6 Å². The van der Waals surface area contributed by atoms with Gasteiger partial charge in [-0.05, 0) is 45.0 Å². The number of aromatic nitrogens is 4. The number of alkyl halides is 3. The van der Waals surface area contributed by atoms with Gasteiger partial charge >= 0.3 is 12.1 Å². The first-order valence-corrected chi connectivity index (χ1v) is 11.8. The number of ketones is 1. The lowest BCUT2D eigenvalue weighted by Crippen LogP contribution is -2.18. The normalized spacial score (nSPS) is 12.1. The van der Waals surface area contributed by atoms with Gasteiger partial charge < -0.3 is 4.74 Å². The van der Waals surface area contributed by atoms with E-state index in [0.29, 0.717) is 30.6 Å². The number of sulfone groups is 1. The van der Waals surface area contributed by atoms with E-state index in [1.807, 2.05) is 0 Å². The van der Waals surface area contributed by atoms with Gasteiger partial charge in [-0.25, -0.2) is 17.9 Å². The molecule has 0 aliphatic rings. The molecule has 0 spiro atoms. The number of hydrogen-bond donors (Lipinski definition) is 0. The summed E-state index contributed by atoms with van der Waals surface area (Å²) in [6.45, 7) is 5.25. The molecule has 0 bridgehead atoms. The summed E-state index contributed by atoms with van der Waals surface area (Å²) in [6, 6.07) is 3.30. The lowest BCUT2D eigenvalue weighted by Gasteiger charge is -2.13. The molecule has 3 aromatic rings. The SMILES string of the molecule is CCn1nc(C)cc1C(=O)Oc1c(C(=O)c2ccc(C(F)(F)F)cc2S(C)(=O)=O)c(C)nn1C. The zero-order valence-corrected chi connectivity index (χ0v) is 19.7. The topological polar surface area (TPSA) is 113 Å². The van der Waals surface area contributed by atoms with Crippen LogP contribution in [0.3, 0.4) is 0 Å². The van der Waals surface area contributed by atoms with E-state index >= 15 is 0 Å². The van der Waals surface area contributed by atoms with E-state index in [-0.39, 0.29) is 22.8 Å². The second kappa shape index (κ2) is 8.70. The van der Waals surface area contributed by atoms with Crippen LogP contribution >= 0.6 is 0 Å². The van der Waals surface area contributed by atoms with Crippen molar-refractivity contribution >= 4 is 21.6 Å². The maximum absolute atomic E-state index is 13.4. The van der Waals surface area contributed by atoms with Crippen LogP contribution in [0, 0.1) is 13.8 Å². The van der Waals surface area contributed by atoms with Gasteiger partial charge in [-0.1, -0.05) is 0 Å². The van der Waals surface area contributed by atoms with Crippen LogP contribution in [0.4, 0.5) is 13.2 Å². The summed E-state index contributed by atoms with van der Waals surface area (Å²) >= 11 is 0. The van der Waals surface area contributed by atoms with Crippen molar-refractivity contribution in [2.24, 2.45) is 7.05 Å². The summed E-state index contributed by atoms with van der Waals surface area (Å²) in [6.07, 6.45) is -4.11. The summed E-state index contributed by atoms with van der Waals surface area (Å²) in [4.78, 5) is 25.4. The van der Waals surface area contributed by atoms with Crippen LogP contribution in [0.5, 0.6) is 5.88 Å². The van der Waals surface area contributed by atoms with Crippen LogP contribution in [0.15, 0.2) is 29.2 Å². The van der Waals surface area contributed by atoms with E-state index in [0.717, 1.165) is 10.7 Å². The monoisotopic (exact) mass is 498 g/mol. The molecule has 0 radical (unpaired) electrons. The van der Waals surface area contributed by atoms with Gasteiger partial charge in [0.25, 0.3) is 0 Å². The number of nitrogens with zero attached hydrogens (tertiary/aromatic N) is 4. The average Bonchev–Trinajstić information content (AvgIpc) is 3.24. The first-order valence-electron chi connectivity index (χ1n) is 9.91. The molecule has 3 rings (SSSR count). The quantitative estimate of drug-likeness (QED) is 0.379. The van der Waals surface area contributed by atoms with Crippen molar-refractivity contribution < 1.29 is 35.9 Å². The van der Waals surface area contributed by atoms with Crippen molar-refractivity contribution in [3.05, 3.63) is 58.0 Å². The maximum Gasteiger partial charge on any atom is 0.416 e. The Morgan fingerprint density at radius 2 is 1.76 bits per heavy atom. The second-order valence-corrected chi connectivity index (χ2v) is 9.56. The van der Waals surface area contributed by atoms with E-state index in [1.165, 1.54) is 24.7 Å². The van der Waals surface area contributed by atoms with Crippen LogP contribution in [0.25, 0.3) is 0 Å². The third kappa shape index (κ3) is 4.74. The minimum Gasteiger partial charge on any atom is -0.402 e. The molecule has 1 aromatic carbocycles. The predicted octanol–water partition coefficient (Wildman–Crippen LogP) is 3.13. The van der Waals surface area contributed by atoms with E-state index in [1.54, 1.807) is 13.8 Å². The molecule has 0 atom stereocenters. The first-order chi connectivity index (χ1) is 15.6. The van der Waals surface area contributed by atoms with Crippen molar-refractivity contribution in [1.29, 1.82) is 0 Å². The Balaban J connectivity index is 2.12. The number of benzene rings is 1. The van der Waals surface area contributed by atoms with E-state index in [2.05, 4.69) is 10.2 Å². The number of halogens is 3. The molecular weight excluding hydrogens is 477 g/mol. The molecule has 0 saturated heterocycles. The molecule has 13 heteroatoms. The van der Waals surface area contributed by atoms with Gasteiger partial charge in [0.15, 0.2) is 9.84 Å².